The van der Waals surface area contributed by atoms with Crippen molar-refractivity contribution in [2.75, 3.05) is 20.6 Å². The van der Waals surface area contributed by atoms with Gasteiger partial charge >= 0.3 is 0 Å². The molecular formula is C13H26N2. The Hall–Kier alpha value is -0.0800. The molecular weight excluding hydrogens is 184 g/mol. The van der Waals surface area contributed by atoms with E-state index in [9.17, 15) is 0 Å². The third-order valence-corrected chi connectivity index (χ3v) is 4.51. The van der Waals surface area contributed by atoms with Gasteiger partial charge in [0.1, 0.15) is 0 Å². The van der Waals surface area contributed by atoms with E-state index >= 15 is 0 Å². The molecule has 0 heterocycles. The molecule has 0 aromatic heterocycles. The first-order chi connectivity index (χ1) is 7.32. The van der Waals surface area contributed by atoms with E-state index in [4.69, 9.17) is 0 Å². The monoisotopic (exact) mass is 210 g/mol. The number of hydrogen-bond acceptors (Lipinski definition) is 2. The van der Waals surface area contributed by atoms with Crippen LogP contribution in [0.15, 0.2) is 0 Å². The summed E-state index contributed by atoms with van der Waals surface area (Å²) in [5.74, 6) is 0.944. The minimum Gasteiger partial charge on any atom is -0.319 e. The maximum atomic E-state index is 3.62. The van der Waals surface area contributed by atoms with Gasteiger partial charge in [-0.1, -0.05) is 19.3 Å². The quantitative estimate of drug-likeness (QED) is 0.726. The summed E-state index contributed by atoms with van der Waals surface area (Å²) < 4.78 is 0. The molecule has 0 saturated heterocycles. The summed E-state index contributed by atoms with van der Waals surface area (Å²) in [5.41, 5.74) is 0.603. The Balaban J connectivity index is 1.96. The van der Waals surface area contributed by atoms with Crippen molar-refractivity contribution < 1.29 is 0 Å². The summed E-state index contributed by atoms with van der Waals surface area (Å²) in [6, 6.07) is 0.769. The Kier molecular flexibility index (Phi) is 3.68. The van der Waals surface area contributed by atoms with Gasteiger partial charge in [0.2, 0.25) is 0 Å². The van der Waals surface area contributed by atoms with Crippen LogP contribution in [-0.4, -0.2) is 26.7 Å². The van der Waals surface area contributed by atoms with Crippen molar-refractivity contribution in [3.63, 3.8) is 0 Å². The predicted molar refractivity (Wildman–Crippen MR) is 65.0 cm³/mol. The van der Waals surface area contributed by atoms with Crippen LogP contribution in [0.2, 0.25) is 0 Å². The van der Waals surface area contributed by atoms with Crippen molar-refractivity contribution in [2.24, 2.45) is 11.3 Å². The molecule has 2 N–H and O–H groups in total. The molecule has 2 aliphatic carbocycles. The highest BCUT2D eigenvalue weighted by molar-refractivity contribution is 5.05. The van der Waals surface area contributed by atoms with Gasteiger partial charge in [0, 0.05) is 12.6 Å². The molecule has 0 spiro atoms. The summed E-state index contributed by atoms with van der Waals surface area (Å²) >= 11 is 0. The van der Waals surface area contributed by atoms with Gasteiger partial charge in [-0.05, 0) is 51.1 Å². The third kappa shape index (κ3) is 2.36. The largest absolute Gasteiger partial charge is 0.319 e. The molecule has 0 aromatic rings. The van der Waals surface area contributed by atoms with Gasteiger partial charge in [-0.25, -0.2) is 0 Å². The minimum absolute atomic E-state index is 0.603. The molecule has 15 heavy (non-hydrogen) atoms. The zero-order valence-corrected chi connectivity index (χ0v) is 10.3. The number of nitrogens with one attached hydrogen (secondary N) is 2. The Morgan fingerprint density at radius 2 is 1.80 bits per heavy atom. The lowest BCUT2D eigenvalue weighted by Gasteiger charge is -2.36. The van der Waals surface area contributed by atoms with E-state index in [1.165, 1.54) is 51.5 Å². The smallest absolute Gasteiger partial charge is 0.0161 e. The van der Waals surface area contributed by atoms with Crippen molar-refractivity contribution in [2.45, 2.75) is 51.0 Å². The molecule has 0 radical (unpaired) electrons. The zero-order valence-electron chi connectivity index (χ0n) is 10.3. The third-order valence-electron chi connectivity index (χ3n) is 4.51. The second-order valence-electron chi connectivity index (χ2n) is 5.56. The Labute approximate surface area is 94.2 Å². The minimum atomic E-state index is 0.603. The van der Waals surface area contributed by atoms with Crippen LogP contribution < -0.4 is 10.6 Å². The first-order valence-electron chi connectivity index (χ1n) is 6.64. The van der Waals surface area contributed by atoms with Crippen LogP contribution in [0.3, 0.4) is 0 Å². The average molecular weight is 210 g/mol. The molecule has 2 aliphatic rings. The molecule has 0 aliphatic heterocycles. The van der Waals surface area contributed by atoms with E-state index in [1.54, 1.807) is 0 Å². The predicted octanol–water partition coefficient (Wildman–Crippen LogP) is 2.15. The lowest BCUT2D eigenvalue weighted by molar-refractivity contribution is 0.198. The first-order valence-corrected chi connectivity index (χ1v) is 6.64. The van der Waals surface area contributed by atoms with Crippen LogP contribution in [0.25, 0.3) is 0 Å². The fraction of sp³-hybridized carbons (Fsp3) is 1.00. The van der Waals surface area contributed by atoms with E-state index in [-0.39, 0.29) is 0 Å². The fourth-order valence-corrected chi connectivity index (χ4v) is 3.62. The molecule has 1 atom stereocenters. The maximum Gasteiger partial charge on any atom is 0.0161 e. The maximum absolute atomic E-state index is 3.62. The van der Waals surface area contributed by atoms with Gasteiger partial charge in [-0.3, -0.25) is 0 Å². The molecule has 2 saturated carbocycles. The summed E-state index contributed by atoms with van der Waals surface area (Å²) in [6.45, 7) is 1.20. The van der Waals surface area contributed by atoms with Crippen molar-refractivity contribution in [3.8, 4) is 0 Å². The highest BCUT2D eigenvalue weighted by Crippen LogP contribution is 2.51. The Morgan fingerprint density at radius 1 is 1.13 bits per heavy atom. The van der Waals surface area contributed by atoms with E-state index in [0.29, 0.717) is 5.41 Å². The highest BCUT2D eigenvalue weighted by atomic mass is 15.0. The molecule has 0 amide bonds. The normalized spacial score (nSPS) is 27.6. The van der Waals surface area contributed by atoms with Gasteiger partial charge in [-0.2, -0.15) is 0 Å². The van der Waals surface area contributed by atoms with E-state index < -0.39 is 0 Å². The molecule has 2 fully saturated rings. The molecule has 1 unspecified atom stereocenters. The van der Waals surface area contributed by atoms with Crippen molar-refractivity contribution in [1.82, 2.24) is 10.6 Å². The van der Waals surface area contributed by atoms with E-state index in [1.807, 2.05) is 0 Å². The molecule has 0 aromatic carbocycles. The molecule has 2 nitrogen and oxygen atoms in total. The standard InChI is InChI=1S/C13H26N2/c1-14-10-13(8-9-13)12(15-2)11-6-4-3-5-7-11/h11-12,14-15H,3-10H2,1-2H3. The highest BCUT2D eigenvalue weighted by Gasteiger charge is 2.50. The van der Waals surface area contributed by atoms with E-state index in [2.05, 4.69) is 24.7 Å². The van der Waals surface area contributed by atoms with Gasteiger partial charge in [-0.15, -0.1) is 0 Å². The van der Waals surface area contributed by atoms with Gasteiger partial charge < -0.3 is 10.6 Å². The number of hydrogen-bond donors (Lipinski definition) is 2. The molecule has 0 bridgehead atoms. The lowest BCUT2D eigenvalue weighted by Crippen LogP contribution is -2.46. The van der Waals surface area contributed by atoms with Crippen molar-refractivity contribution in [3.05, 3.63) is 0 Å². The average Bonchev–Trinajstić information content (AvgIpc) is 3.02. The zero-order chi connectivity index (χ0) is 10.7. The van der Waals surface area contributed by atoms with Crippen LogP contribution in [0.5, 0.6) is 0 Å². The van der Waals surface area contributed by atoms with Crippen LogP contribution in [-0.2, 0) is 0 Å². The van der Waals surface area contributed by atoms with Gasteiger partial charge in [0.25, 0.3) is 0 Å². The molecule has 2 rings (SSSR count). The second-order valence-corrected chi connectivity index (χ2v) is 5.56. The topological polar surface area (TPSA) is 24.1 Å². The van der Waals surface area contributed by atoms with Crippen LogP contribution in [0, 0.1) is 11.3 Å². The fourth-order valence-electron chi connectivity index (χ4n) is 3.62. The van der Waals surface area contributed by atoms with Crippen LogP contribution in [0.1, 0.15) is 44.9 Å². The molecule has 2 heteroatoms. The SMILES string of the molecule is CNCC1(C(NC)C2CCCCC2)CC1. The summed E-state index contributed by atoms with van der Waals surface area (Å²) in [5, 5.41) is 7.00. The van der Waals surface area contributed by atoms with Gasteiger partial charge in [0.05, 0.1) is 0 Å². The summed E-state index contributed by atoms with van der Waals surface area (Å²) in [6.07, 6.45) is 10.1. The lowest BCUT2D eigenvalue weighted by atomic mass is 9.77. The van der Waals surface area contributed by atoms with Crippen LogP contribution in [0.4, 0.5) is 0 Å². The molecule has 88 valence electrons. The number of rotatable bonds is 5. The second kappa shape index (κ2) is 4.84. The van der Waals surface area contributed by atoms with E-state index in [0.717, 1.165) is 12.0 Å². The summed E-state index contributed by atoms with van der Waals surface area (Å²) in [7, 11) is 4.25. The first kappa shape index (κ1) is 11.4. The Bertz CT molecular complexity index is 193. The Morgan fingerprint density at radius 3 is 2.27 bits per heavy atom. The van der Waals surface area contributed by atoms with Crippen LogP contribution >= 0.6 is 0 Å². The van der Waals surface area contributed by atoms with Crippen molar-refractivity contribution >= 4 is 0 Å². The van der Waals surface area contributed by atoms with Gasteiger partial charge in [0.15, 0.2) is 0 Å². The van der Waals surface area contributed by atoms with Crippen molar-refractivity contribution in [1.29, 1.82) is 0 Å². The summed E-state index contributed by atoms with van der Waals surface area (Å²) in [4.78, 5) is 0.